The molecule has 0 unspecified atom stereocenters. The second kappa shape index (κ2) is 7.85. The SMILES string of the molecule is Nc1ncnc2c1ncn2Cc1cc(Cl)cc2cc(CNC(=O)c3ccc4[nH]ccc4n3)[nH]c12. The second-order valence-corrected chi connectivity index (χ2v) is 8.35. The molecule has 1 amide bonds. The van der Waals surface area contributed by atoms with Gasteiger partial charge in [0.05, 0.1) is 36.0 Å². The predicted octanol–water partition coefficient (Wildman–Crippen LogP) is 3.40. The normalized spacial score (nSPS) is 11.6. The number of benzene rings is 1. The number of carbonyl (C=O) groups is 1. The van der Waals surface area contributed by atoms with Crippen LogP contribution in [0.3, 0.4) is 0 Å². The Morgan fingerprint density at radius 2 is 2.06 bits per heavy atom. The van der Waals surface area contributed by atoms with E-state index in [1.807, 2.05) is 34.9 Å². The van der Waals surface area contributed by atoms with Crippen molar-refractivity contribution in [1.29, 1.82) is 0 Å². The van der Waals surface area contributed by atoms with Gasteiger partial charge in [0.25, 0.3) is 5.91 Å². The molecule has 0 fully saturated rings. The number of pyridine rings is 1. The number of anilines is 1. The van der Waals surface area contributed by atoms with Gasteiger partial charge in [-0.2, -0.15) is 0 Å². The highest BCUT2D eigenvalue weighted by atomic mass is 35.5. The molecule has 0 saturated carbocycles. The maximum absolute atomic E-state index is 12.6. The molecule has 0 aliphatic heterocycles. The van der Waals surface area contributed by atoms with Crippen LogP contribution in [0.5, 0.6) is 0 Å². The number of H-pyrrole nitrogens is 2. The molecular weight excluding hydrogens is 454 g/mol. The average molecular weight is 472 g/mol. The number of nitrogens with zero attached hydrogens (tertiary/aromatic N) is 5. The van der Waals surface area contributed by atoms with Crippen LogP contribution < -0.4 is 11.1 Å². The number of amides is 1. The largest absolute Gasteiger partial charge is 0.382 e. The van der Waals surface area contributed by atoms with Crippen molar-refractivity contribution in [3.8, 4) is 0 Å². The molecular formula is C23H18ClN9O. The molecule has 10 nitrogen and oxygen atoms in total. The monoisotopic (exact) mass is 471 g/mol. The van der Waals surface area contributed by atoms with Crippen molar-refractivity contribution in [1.82, 2.24) is 39.8 Å². The van der Waals surface area contributed by atoms with E-state index in [1.165, 1.54) is 6.33 Å². The standard InChI is InChI=1S/C23H18ClN9O/c24-14-5-12-7-15(8-27-23(34)18-2-1-16-17(32-18)3-4-26-16)31-19(12)13(6-14)9-33-11-30-20-21(25)28-10-29-22(20)33/h1-7,10-11,26,31H,8-9H2,(H,27,34)(H2,25,28,29). The Balaban J connectivity index is 1.26. The van der Waals surface area contributed by atoms with E-state index in [0.717, 1.165) is 33.2 Å². The van der Waals surface area contributed by atoms with Crippen molar-refractivity contribution in [2.45, 2.75) is 13.1 Å². The van der Waals surface area contributed by atoms with Crippen molar-refractivity contribution >= 4 is 56.4 Å². The first-order valence-corrected chi connectivity index (χ1v) is 10.9. The molecule has 0 saturated heterocycles. The van der Waals surface area contributed by atoms with Crippen molar-refractivity contribution in [3.63, 3.8) is 0 Å². The van der Waals surface area contributed by atoms with Gasteiger partial charge >= 0.3 is 0 Å². The maximum Gasteiger partial charge on any atom is 0.270 e. The molecule has 5 heterocycles. The molecule has 6 rings (SSSR count). The molecule has 0 atom stereocenters. The summed E-state index contributed by atoms with van der Waals surface area (Å²) in [7, 11) is 0. The number of carbonyl (C=O) groups excluding carboxylic acids is 1. The lowest BCUT2D eigenvalue weighted by atomic mass is 10.1. The summed E-state index contributed by atoms with van der Waals surface area (Å²) >= 11 is 6.40. The fourth-order valence-electron chi connectivity index (χ4n) is 4.08. The minimum Gasteiger partial charge on any atom is -0.382 e. The minimum atomic E-state index is -0.248. The van der Waals surface area contributed by atoms with E-state index in [2.05, 4.69) is 35.2 Å². The number of aromatic amines is 2. The molecule has 0 aliphatic carbocycles. The molecule has 5 aromatic heterocycles. The van der Waals surface area contributed by atoms with Gasteiger partial charge < -0.3 is 25.6 Å². The van der Waals surface area contributed by atoms with Crippen LogP contribution in [0.15, 0.2) is 55.2 Å². The van der Waals surface area contributed by atoms with E-state index in [-0.39, 0.29) is 5.91 Å². The zero-order valence-corrected chi connectivity index (χ0v) is 18.5. The second-order valence-electron chi connectivity index (χ2n) is 7.92. The smallest absolute Gasteiger partial charge is 0.270 e. The molecule has 168 valence electrons. The number of fused-ring (bicyclic) bond motifs is 3. The van der Waals surface area contributed by atoms with E-state index in [9.17, 15) is 4.79 Å². The summed E-state index contributed by atoms with van der Waals surface area (Å²) in [5.41, 5.74) is 11.8. The third-order valence-corrected chi connectivity index (χ3v) is 5.90. The Kier molecular flexibility index (Phi) is 4.66. The zero-order chi connectivity index (χ0) is 23.2. The zero-order valence-electron chi connectivity index (χ0n) is 17.7. The van der Waals surface area contributed by atoms with Crippen LogP contribution in [-0.4, -0.2) is 40.4 Å². The Hall–Kier alpha value is -4.44. The minimum absolute atomic E-state index is 0.248. The van der Waals surface area contributed by atoms with E-state index >= 15 is 0 Å². The van der Waals surface area contributed by atoms with Gasteiger partial charge in [-0.25, -0.2) is 19.9 Å². The molecule has 6 aromatic rings. The van der Waals surface area contributed by atoms with E-state index < -0.39 is 0 Å². The van der Waals surface area contributed by atoms with Crippen LogP contribution in [0.25, 0.3) is 33.1 Å². The molecule has 34 heavy (non-hydrogen) atoms. The summed E-state index contributed by atoms with van der Waals surface area (Å²) in [5.74, 6) is 0.0882. The summed E-state index contributed by atoms with van der Waals surface area (Å²) in [6.45, 7) is 0.798. The van der Waals surface area contributed by atoms with Gasteiger partial charge in [0, 0.05) is 22.3 Å². The van der Waals surface area contributed by atoms with Crippen LogP contribution in [0.4, 0.5) is 5.82 Å². The summed E-state index contributed by atoms with van der Waals surface area (Å²) in [6.07, 6.45) is 4.89. The molecule has 0 aliphatic rings. The van der Waals surface area contributed by atoms with Crippen LogP contribution in [0.1, 0.15) is 21.7 Å². The first kappa shape index (κ1) is 20.2. The number of aromatic nitrogens is 7. The summed E-state index contributed by atoms with van der Waals surface area (Å²) in [5, 5.41) is 4.47. The highest BCUT2D eigenvalue weighted by Crippen LogP contribution is 2.26. The third kappa shape index (κ3) is 3.50. The highest BCUT2D eigenvalue weighted by molar-refractivity contribution is 6.31. The van der Waals surface area contributed by atoms with Crippen molar-refractivity contribution < 1.29 is 4.79 Å². The van der Waals surface area contributed by atoms with E-state index in [1.54, 1.807) is 18.6 Å². The number of halogens is 1. The number of rotatable bonds is 5. The number of imidazole rings is 1. The van der Waals surface area contributed by atoms with Crippen LogP contribution in [0.2, 0.25) is 5.02 Å². The van der Waals surface area contributed by atoms with E-state index in [0.29, 0.717) is 40.8 Å². The Morgan fingerprint density at radius 3 is 2.97 bits per heavy atom. The Bertz CT molecular complexity index is 1700. The quantitative estimate of drug-likeness (QED) is 0.303. The first-order chi connectivity index (χ1) is 16.5. The van der Waals surface area contributed by atoms with Gasteiger partial charge in [0.1, 0.15) is 17.5 Å². The van der Waals surface area contributed by atoms with Gasteiger partial charge in [-0.3, -0.25) is 4.79 Å². The van der Waals surface area contributed by atoms with Crippen LogP contribution >= 0.6 is 11.6 Å². The van der Waals surface area contributed by atoms with Crippen molar-refractivity contribution in [2.75, 3.05) is 5.73 Å². The number of nitrogen functional groups attached to an aromatic ring is 1. The molecule has 5 N–H and O–H groups in total. The topological polar surface area (TPSA) is 143 Å². The van der Waals surface area contributed by atoms with Crippen LogP contribution in [-0.2, 0) is 13.1 Å². The fraction of sp³-hybridized carbons (Fsp3) is 0.0870. The highest BCUT2D eigenvalue weighted by Gasteiger charge is 2.14. The van der Waals surface area contributed by atoms with Gasteiger partial charge in [0.2, 0.25) is 0 Å². The Labute approximate surface area is 197 Å². The van der Waals surface area contributed by atoms with Crippen molar-refractivity contribution in [2.24, 2.45) is 0 Å². The van der Waals surface area contributed by atoms with Gasteiger partial charge in [-0.15, -0.1) is 0 Å². The first-order valence-electron chi connectivity index (χ1n) is 10.5. The van der Waals surface area contributed by atoms with Gasteiger partial charge in [-0.05, 0) is 42.0 Å². The third-order valence-electron chi connectivity index (χ3n) is 5.68. The summed E-state index contributed by atoms with van der Waals surface area (Å²) in [4.78, 5) is 36.1. The molecule has 0 radical (unpaired) electrons. The molecule has 11 heteroatoms. The lowest BCUT2D eigenvalue weighted by molar-refractivity contribution is 0.0946. The number of nitrogens with one attached hydrogen (secondary N) is 3. The van der Waals surface area contributed by atoms with Gasteiger partial charge in [-0.1, -0.05) is 11.6 Å². The van der Waals surface area contributed by atoms with Crippen molar-refractivity contribution in [3.05, 3.63) is 77.2 Å². The predicted molar refractivity (Wildman–Crippen MR) is 129 cm³/mol. The van der Waals surface area contributed by atoms with Crippen LogP contribution in [0, 0.1) is 0 Å². The molecule has 0 bridgehead atoms. The molecule has 0 spiro atoms. The fourth-order valence-corrected chi connectivity index (χ4v) is 4.33. The lowest BCUT2D eigenvalue weighted by Crippen LogP contribution is -2.23. The number of hydrogen-bond acceptors (Lipinski definition) is 6. The maximum atomic E-state index is 12.6. The Morgan fingerprint density at radius 1 is 1.15 bits per heavy atom. The van der Waals surface area contributed by atoms with E-state index in [4.69, 9.17) is 17.3 Å². The lowest BCUT2D eigenvalue weighted by Gasteiger charge is -2.07. The molecule has 1 aromatic carbocycles. The average Bonchev–Trinajstić information content (AvgIpc) is 3.56. The summed E-state index contributed by atoms with van der Waals surface area (Å²) in [6, 6.07) is 11.1. The number of nitrogens with two attached hydrogens (primary N) is 1. The number of hydrogen-bond donors (Lipinski definition) is 4. The summed E-state index contributed by atoms with van der Waals surface area (Å²) < 4.78 is 1.89. The van der Waals surface area contributed by atoms with Gasteiger partial charge in [0.15, 0.2) is 11.5 Å².